The number of carbonyl (C=O) groups excluding carboxylic acids is 1. The van der Waals surface area contributed by atoms with Crippen LogP contribution in [-0.2, 0) is 9.53 Å². The summed E-state index contributed by atoms with van der Waals surface area (Å²) in [6, 6.07) is 0. The average Bonchev–Trinajstić information content (AvgIpc) is 2.26. The van der Waals surface area contributed by atoms with Gasteiger partial charge in [-0.2, -0.15) is 0 Å². The van der Waals surface area contributed by atoms with Crippen LogP contribution in [0.3, 0.4) is 0 Å². The second-order valence-corrected chi connectivity index (χ2v) is 3.05. The van der Waals surface area contributed by atoms with Gasteiger partial charge in [0, 0.05) is 17.8 Å². The summed E-state index contributed by atoms with van der Waals surface area (Å²) in [5, 5.41) is 10.5. The van der Waals surface area contributed by atoms with Crippen LogP contribution in [0.15, 0.2) is 18.5 Å². The number of halogens is 1. The number of pyridine rings is 1. The zero-order chi connectivity index (χ0) is 12.1. The average molecular weight is 243 g/mol. The third kappa shape index (κ3) is 2.77. The smallest absolute Gasteiger partial charge is 0.330 e. The fourth-order valence-corrected chi connectivity index (χ4v) is 1.15. The number of carbonyl (C=O) groups is 1. The Balaban J connectivity index is 3.07. The van der Waals surface area contributed by atoms with E-state index in [-0.39, 0.29) is 16.3 Å². The van der Waals surface area contributed by atoms with Gasteiger partial charge in [0.2, 0.25) is 0 Å². The lowest BCUT2D eigenvalue weighted by Gasteiger charge is -1.98. The number of aromatic nitrogens is 1. The third-order valence-electron chi connectivity index (χ3n) is 1.69. The minimum atomic E-state index is -0.648. The van der Waals surface area contributed by atoms with Crippen LogP contribution in [0.2, 0.25) is 5.02 Å². The molecule has 6 nitrogen and oxygen atoms in total. The van der Waals surface area contributed by atoms with Crippen LogP contribution in [0.25, 0.3) is 6.08 Å². The molecule has 0 aliphatic heterocycles. The Bertz CT molecular complexity index is 459. The maximum atomic E-state index is 10.8. The predicted octanol–water partition coefficient (Wildman–Crippen LogP) is 1.83. The monoisotopic (exact) mass is 242 g/mol. The number of rotatable bonds is 3. The molecular weight excluding hydrogens is 236 g/mol. The Hall–Kier alpha value is -1.95. The maximum Gasteiger partial charge on any atom is 0.330 e. The molecule has 0 spiro atoms. The molecule has 0 bridgehead atoms. The van der Waals surface area contributed by atoms with E-state index in [1.165, 1.54) is 19.4 Å². The highest BCUT2D eigenvalue weighted by Gasteiger charge is 2.14. The zero-order valence-corrected chi connectivity index (χ0v) is 8.97. The molecule has 16 heavy (non-hydrogen) atoms. The van der Waals surface area contributed by atoms with Crippen molar-refractivity contribution in [1.82, 2.24) is 4.98 Å². The zero-order valence-electron chi connectivity index (χ0n) is 8.21. The van der Waals surface area contributed by atoms with Gasteiger partial charge in [0.05, 0.1) is 12.0 Å². The summed E-state index contributed by atoms with van der Waals surface area (Å²) in [4.78, 5) is 24.3. The summed E-state index contributed by atoms with van der Waals surface area (Å²) in [6.07, 6.45) is 4.76. The molecule has 0 aliphatic carbocycles. The van der Waals surface area contributed by atoms with Gasteiger partial charge in [-0.3, -0.25) is 15.1 Å². The number of methoxy groups -OCH3 is 1. The van der Waals surface area contributed by atoms with Crippen molar-refractivity contribution in [3.05, 3.63) is 39.2 Å². The normalized spacial score (nSPS) is 10.4. The number of nitro groups is 1. The molecule has 84 valence electrons. The third-order valence-corrected chi connectivity index (χ3v) is 2.10. The molecule has 0 unspecified atom stereocenters. The topological polar surface area (TPSA) is 82.3 Å². The van der Waals surface area contributed by atoms with E-state index in [2.05, 4.69) is 9.72 Å². The lowest BCUT2D eigenvalue weighted by molar-refractivity contribution is -0.385. The fourth-order valence-electron chi connectivity index (χ4n) is 0.919. The Morgan fingerprint density at radius 1 is 1.62 bits per heavy atom. The van der Waals surface area contributed by atoms with E-state index in [0.29, 0.717) is 0 Å². The first-order valence-electron chi connectivity index (χ1n) is 4.10. The molecule has 0 amide bonds. The quantitative estimate of drug-likeness (QED) is 0.349. The fraction of sp³-hybridized carbons (Fsp3) is 0.111. The Kier molecular flexibility index (Phi) is 3.96. The van der Waals surface area contributed by atoms with Crippen LogP contribution < -0.4 is 0 Å². The van der Waals surface area contributed by atoms with Crippen molar-refractivity contribution in [2.75, 3.05) is 7.11 Å². The molecule has 0 N–H and O–H groups in total. The van der Waals surface area contributed by atoms with E-state index in [4.69, 9.17) is 11.6 Å². The summed E-state index contributed by atoms with van der Waals surface area (Å²) in [7, 11) is 1.22. The minimum absolute atomic E-state index is 0.0693. The highest BCUT2D eigenvalue weighted by molar-refractivity contribution is 6.34. The van der Waals surface area contributed by atoms with E-state index < -0.39 is 10.9 Å². The summed E-state index contributed by atoms with van der Waals surface area (Å²) >= 11 is 5.75. The van der Waals surface area contributed by atoms with Gasteiger partial charge in [-0.05, 0) is 6.08 Å². The summed E-state index contributed by atoms with van der Waals surface area (Å²) < 4.78 is 4.37. The maximum absolute atomic E-state index is 10.8. The summed E-state index contributed by atoms with van der Waals surface area (Å²) in [5.41, 5.74) is -0.0325. The van der Waals surface area contributed by atoms with Gasteiger partial charge in [0.15, 0.2) is 0 Å². The van der Waals surface area contributed by atoms with Crippen molar-refractivity contribution >= 4 is 29.3 Å². The largest absolute Gasteiger partial charge is 0.466 e. The van der Waals surface area contributed by atoms with Crippen molar-refractivity contribution < 1.29 is 14.5 Å². The molecule has 0 saturated heterocycles. The first kappa shape index (κ1) is 12.1. The molecule has 1 rings (SSSR count). The highest BCUT2D eigenvalue weighted by Crippen LogP contribution is 2.27. The SMILES string of the molecule is COC(=O)C=Cc1cncc([N+](=O)[O-])c1Cl. The lowest BCUT2D eigenvalue weighted by Crippen LogP contribution is -1.95. The van der Waals surface area contributed by atoms with Crippen molar-refractivity contribution in [3.63, 3.8) is 0 Å². The van der Waals surface area contributed by atoms with Crippen molar-refractivity contribution in [1.29, 1.82) is 0 Å². The number of esters is 1. The minimum Gasteiger partial charge on any atom is -0.466 e. The van der Waals surface area contributed by atoms with Crippen LogP contribution in [-0.4, -0.2) is 23.0 Å². The molecule has 1 aromatic heterocycles. The van der Waals surface area contributed by atoms with E-state index >= 15 is 0 Å². The molecule has 0 aromatic carbocycles. The van der Waals surface area contributed by atoms with Crippen molar-refractivity contribution in [2.45, 2.75) is 0 Å². The van der Waals surface area contributed by atoms with E-state index in [9.17, 15) is 14.9 Å². The Labute approximate surface area is 95.7 Å². The molecule has 0 aliphatic rings. The second-order valence-electron chi connectivity index (χ2n) is 2.68. The van der Waals surface area contributed by atoms with Crippen molar-refractivity contribution in [3.8, 4) is 0 Å². The molecule has 0 fully saturated rings. The summed E-state index contributed by atoms with van der Waals surface area (Å²) in [6.45, 7) is 0. The molecule has 7 heteroatoms. The first-order valence-corrected chi connectivity index (χ1v) is 4.48. The van der Waals surface area contributed by atoms with Gasteiger partial charge >= 0.3 is 11.7 Å². The molecule has 0 atom stereocenters. The number of hydrogen-bond donors (Lipinski definition) is 0. The second kappa shape index (κ2) is 5.22. The van der Waals surface area contributed by atoms with Crippen LogP contribution in [0, 0.1) is 10.1 Å². The number of hydrogen-bond acceptors (Lipinski definition) is 5. The van der Waals surface area contributed by atoms with Gasteiger partial charge in [0.25, 0.3) is 0 Å². The van der Waals surface area contributed by atoms with Gasteiger partial charge in [-0.1, -0.05) is 11.6 Å². The number of ether oxygens (including phenoxy) is 1. The highest BCUT2D eigenvalue weighted by atomic mass is 35.5. The molecule has 0 saturated carbocycles. The standard InChI is InChI=1S/C9H7ClN2O4/c1-16-8(13)3-2-6-4-11-5-7(9(6)10)12(14)15/h2-5H,1H3. The molecule has 1 heterocycles. The molecule has 0 radical (unpaired) electrons. The van der Waals surface area contributed by atoms with E-state index in [1.807, 2.05) is 0 Å². The lowest BCUT2D eigenvalue weighted by atomic mass is 10.2. The van der Waals surface area contributed by atoms with Gasteiger partial charge < -0.3 is 4.74 Å². The van der Waals surface area contributed by atoms with E-state index in [0.717, 1.165) is 12.3 Å². The van der Waals surface area contributed by atoms with Gasteiger partial charge in [-0.25, -0.2) is 4.79 Å². The molecular formula is C9H7ClN2O4. The Morgan fingerprint density at radius 2 is 2.31 bits per heavy atom. The van der Waals surface area contributed by atoms with Gasteiger partial charge in [-0.15, -0.1) is 0 Å². The van der Waals surface area contributed by atoms with Crippen LogP contribution in [0.4, 0.5) is 5.69 Å². The predicted molar refractivity (Wildman–Crippen MR) is 57.0 cm³/mol. The first-order chi connectivity index (χ1) is 7.56. The van der Waals surface area contributed by atoms with Crippen LogP contribution in [0.1, 0.15) is 5.56 Å². The van der Waals surface area contributed by atoms with E-state index in [1.54, 1.807) is 0 Å². The molecule has 1 aromatic rings. The van der Waals surface area contributed by atoms with Crippen molar-refractivity contribution in [2.24, 2.45) is 0 Å². The van der Waals surface area contributed by atoms with Crippen LogP contribution in [0.5, 0.6) is 0 Å². The number of nitrogens with zero attached hydrogens (tertiary/aromatic N) is 2. The van der Waals surface area contributed by atoms with Crippen LogP contribution >= 0.6 is 11.6 Å². The van der Waals surface area contributed by atoms with Gasteiger partial charge in [0.1, 0.15) is 11.2 Å². The summed E-state index contributed by atoms with van der Waals surface area (Å²) in [5.74, 6) is -0.581. The Morgan fingerprint density at radius 3 is 2.88 bits per heavy atom.